The van der Waals surface area contributed by atoms with Gasteiger partial charge in [0.05, 0.1) is 6.20 Å². The molecular weight excluding hydrogens is 264 g/mol. The Hall–Kier alpha value is -2.95. The minimum Gasteiger partial charge on any atom is -0.483 e. The van der Waals surface area contributed by atoms with Gasteiger partial charge in [-0.25, -0.2) is 9.38 Å². The SMILES string of the molecule is c1cnc2c(OCc3c[n+]4cccnc4[nH]3)cccc2c1. The number of nitrogens with zero attached hydrogens (tertiary/aromatic N) is 3. The third-order valence-corrected chi connectivity index (χ3v) is 3.32. The van der Waals surface area contributed by atoms with E-state index in [9.17, 15) is 0 Å². The first-order valence-electron chi connectivity index (χ1n) is 6.70. The van der Waals surface area contributed by atoms with Crippen LogP contribution >= 0.6 is 0 Å². The molecule has 1 aromatic carbocycles. The molecule has 0 unspecified atom stereocenters. The van der Waals surface area contributed by atoms with Crippen LogP contribution in [-0.2, 0) is 6.61 Å². The monoisotopic (exact) mass is 277 g/mol. The van der Waals surface area contributed by atoms with E-state index in [1.807, 2.05) is 53.2 Å². The van der Waals surface area contributed by atoms with Gasteiger partial charge in [-0.2, -0.15) is 0 Å². The molecule has 0 spiro atoms. The number of pyridine rings is 1. The largest absolute Gasteiger partial charge is 0.483 e. The van der Waals surface area contributed by atoms with Crippen molar-refractivity contribution in [2.24, 2.45) is 0 Å². The summed E-state index contributed by atoms with van der Waals surface area (Å²) in [6.07, 6.45) is 7.45. The number of hydrogen-bond acceptors (Lipinski definition) is 3. The van der Waals surface area contributed by atoms with E-state index in [-0.39, 0.29) is 0 Å². The molecule has 0 radical (unpaired) electrons. The Balaban J connectivity index is 1.63. The van der Waals surface area contributed by atoms with Gasteiger partial charge in [0.15, 0.2) is 0 Å². The van der Waals surface area contributed by atoms with Crippen molar-refractivity contribution in [1.29, 1.82) is 0 Å². The van der Waals surface area contributed by atoms with Crippen molar-refractivity contribution in [2.45, 2.75) is 6.61 Å². The smallest absolute Gasteiger partial charge is 0.401 e. The Morgan fingerprint density at radius 1 is 1.05 bits per heavy atom. The quantitative estimate of drug-likeness (QED) is 0.584. The molecule has 0 aliphatic heterocycles. The lowest BCUT2D eigenvalue weighted by molar-refractivity contribution is -0.513. The number of ether oxygens (including phenoxy) is 1. The predicted octanol–water partition coefficient (Wildman–Crippen LogP) is 2.28. The van der Waals surface area contributed by atoms with Crippen LogP contribution in [-0.4, -0.2) is 15.0 Å². The molecule has 0 atom stereocenters. The van der Waals surface area contributed by atoms with E-state index >= 15 is 0 Å². The summed E-state index contributed by atoms with van der Waals surface area (Å²) in [5, 5.41) is 1.07. The molecule has 5 heteroatoms. The molecule has 0 aliphatic rings. The zero-order valence-corrected chi connectivity index (χ0v) is 11.2. The van der Waals surface area contributed by atoms with Crippen LogP contribution in [0, 0.1) is 0 Å². The number of para-hydroxylation sites is 1. The summed E-state index contributed by atoms with van der Waals surface area (Å²) in [6, 6.07) is 11.8. The van der Waals surface area contributed by atoms with Crippen LogP contribution in [0.15, 0.2) is 61.2 Å². The van der Waals surface area contributed by atoms with Gasteiger partial charge < -0.3 is 4.74 Å². The van der Waals surface area contributed by atoms with Crippen molar-refractivity contribution >= 4 is 16.7 Å². The second-order valence-corrected chi connectivity index (χ2v) is 4.75. The van der Waals surface area contributed by atoms with Crippen LogP contribution in [0.2, 0.25) is 0 Å². The average Bonchev–Trinajstić information content (AvgIpc) is 2.96. The molecule has 0 fully saturated rings. The normalized spacial score (nSPS) is 11.0. The summed E-state index contributed by atoms with van der Waals surface area (Å²) in [7, 11) is 0. The molecule has 4 aromatic rings. The molecule has 3 aromatic heterocycles. The molecule has 3 heterocycles. The van der Waals surface area contributed by atoms with Crippen molar-refractivity contribution in [2.75, 3.05) is 0 Å². The number of imidazole rings is 1. The highest BCUT2D eigenvalue weighted by Crippen LogP contribution is 2.23. The van der Waals surface area contributed by atoms with E-state index < -0.39 is 0 Å². The predicted molar refractivity (Wildman–Crippen MR) is 77.8 cm³/mol. The minimum absolute atomic E-state index is 0.443. The molecule has 21 heavy (non-hydrogen) atoms. The van der Waals surface area contributed by atoms with Crippen LogP contribution in [0.25, 0.3) is 16.7 Å². The molecular formula is C16H13N4O+. The van der Waals surface area contributed by atoms with Crippen LogP contribution < -0.4 is 9.14 Å². The lowest BCUT2D eigenvalue weighted by atomic mass is 10.2. The fourth-order valence-electron chi connectivity index (χ4n) is 2.35. The highest BCUT2D eigenvalue weighted by molar-refractivity contribution is 5.84. The van der Waals surface area contributed by atoms with E-state index in [0.29, 0.717) is 6.61 Å². The summed E-state index contributed by atoms with van der Waals surface area (Å²) in [6.45, 7) is 0.443. The standard InChI is InChI=1S/C16H12N4O/c1-4-12-5-2-7-17-15(12)14(6-1)21-11-13-10-20-9-3-8-18-16(20)19-13/h1-10H,11H2/p+1. The fourth-order valence-corrected chi connectivity index (χ4v) is 2.35. The van der Waals surface area contributed by atoms with E-state index in [1.54, 1.807) is 12.4 Å². The van der Waals surface area contributed by atoms with Gasteiger partial charge in [-0.15, -0.1) is 0 Å². The molecule has 4 rings (SSSR count). The number of aromatic nitrogens is 4. The number of nitrogens with one attached hydrogen (secondary N) is 1. The van der Waals surface area contributed by atoms with Gasteiger partial charge in [0.25, 0.3) is 0 Å². The van der Waals surface area contributed by atoms with Gasteiger partial charge in [0, 0.05) is 17.6 Å². The Bertz CT molecular complexity index is 878. The third kappa shape index (κ3) is 2.18. The van der Waals surface area contributed by atoms with Crippen LogP contribution in [0.5, 0.6) is 5.75 Å². The van der Waals surface area contributed by atoms with Crippen LogP contribution in [0.1, 0.15) is 5.69 Å². The highest BCUT2D eigenvalue weighted by Gasteiger charge is 2.09. The molecule has 0 amide bonds. The molecule has 102 valence electrons. The van der Waals surface area contributed by atoms with Crippen molar-refractivity contribution in [3.8, 4) is 5.75 Å². The fraction of sp³-hybridized carbons (Fsp3) is 0.0625. The minimum atomic E-state index is 0.443. The number of hydrogen-bond donors (Lipinski definition) is 1. The maximum Gasteiger partial charge on any atom is 0.401 e. The highest BCUT2D eigenvalue weighted by atomic mass is 16.5. The number of H-pyrrole nitrogens is 1. The molecule has 0 saturated carbocycles. The summed E-state index contributed by atoms with van der Waals surface area (Å²) >= 11 is 0. The summed E-state index contributed by atoms with van der Waals surface area (Å²) < 4.78 is 7.83. The van der Waals surface area contributed by atoms with Gasteiger partial charge in [0.2, 0.25) is 0 Å². The van der Waals surface area contributed by atoms with Crippen molar-refractivity contribution in [3.63, 3.8) is 0 Å². The average molecular weight is 277 g/mol. The molecule has 5 nitrogen and oxygen atoms in total. The van der Waals surface area contributed by atoms with Gasteiger partial charge in [-0.3, -0.25) is 4.98 Å². The molecule has 0 saturated heterocycles. The summed E-state index contributed by atoms with van der Waals surface area (Å²) in [4.78, 5) is 11.9. The topological polar surface area (TPSA) is 54.9 Å². The van der Waals surface area contributed by atoms with Gasteiger partial charge in [-0.1, -0.05) is 23.2 Å². The van der Waals surface area contributed by atoms with Crippen molar-refractivity contribution in [3.05, 3.63) is 66.9 Å². The van der Waals surface area contributed by atoms with E-state index in [1.165, 1.54) is 0 Å². The Morgan fingerprint density at radius 3 is 2.90 bits per heavy atom. The Morgan fingerprint density at radius 2 is 1.95 bits per heavy atom. The Kier molecular flexibility index (Phi) is 2.74. The van der Waals surface area contributed by atoms with Crippen LogP contribution in [0.3, 0.4) is 0 Å². The van der Waals surface area contributed by atoms with E-state index in [2.05, 4.69) is 15.0 Å². The molecule has 0 bridgehead atoms. The van der Waals surface area contributed by atoms with E-state index in [4.69, 9.17) is 4.74 Å². The second kappa shape index (κ2) is 4.86. The number of rotatable bonds is 3. The first-order chi connectivity index (χ1) is 10.4. The molecule has 0 aliphatic carbocycles. The number of fused-ring (bicyclic) bond motifs is 2. The first-order valence-corrected chi connectivity index (χ1v) is 6.70. The lowest BCUT2D eigenvalue weighted by Gasteiger charge is -2.06. The third-order valence-electron chi connectivity index (χ3n) is 3.32. The van der Waals surface area contributed by atoms with Gasteiger partial charge in [-0.05, 0) is 12.1 Å². The zero-order valence-electron chi connectivity index (χ0n) is 11.2. The van der Waals surface area contributed by atoms with Crippen molar-refractivity contribution < 1.29 is 9.14 Å². The summed E-state index contributed by atoms with van der Waals surface area (Å²) in [5.41, 5.74) is 1.84. The summed E-state index contributed by atoms with van der Waals surface area (Å²) in [5.74, 6) is 1.58. The number of benzene rings is 1. The second-order valence-electron chi connectivity index (χ2n) is 4.75. The maximum absolute atomic E-state index is 5.90. The van der Waals surface area contributed by atoms with E-state index in [0.717, 1.165) is 28.1 Å². The van der Waals surface area contributed by atoms with Crippen molar-refractivity contribution in [1.82, 2.24) is 15.0 Å². The number of aromatic amines is 1. The lowest BCUT2D eigenvalue weighted by Crippen LogP contribution is -2.17. The maximum atomic E-state index is 5.90. The van der Waals surface area contributed by atoms with Gasteiger partial charge >= 0.3 is 5.78 Å². The first kappa shape index (κ1) is 11.8. The zero-order chi connectivity index (χ0) is 14.1. The van der Waals surface area contributed by atoms with Crippen LogP contribution in [0.4, 0.5) is 0 Å². The van der Waals surface area contributed by atoms with Gasteiger partial charge in [0.1, 0.15) is 36.0 Å². The Labute approximate surface area is 120 Å². The molecule has 1 N–H and O–H groups in total.